The van der Waals surface area contributed by atoms with E-state index in [4.69, 9.17) is 0 Å². The first-order valence-corrected chi connectivity index (χ1v) is 9.59. The molecule has 5 heteroatoms. The van der Waals surface area contributed by atoms with E-state index < -0.39 is 0 Å². The van der Waals surface area contributed by atoms with E-state index in [0.29, 0.717) is 5.91 Å². The SMILES string of the molecule is CN(Cc1ccccc1)c1ncnc2c1CCN(C(=O)C1CCC1)CC2. The van der Waals surface area contributed by atoms with Gasteiger partial charge in [0.2, 0.25) is 5.91 Å². The van der Waals surface area contributed by atoms with E-state index in [1.807, 2.05) is 11.0 Å². The van der Waals surface area contributed by atoms with Gasteiger partial charge >= 0.3 is 0 Å². The molecule has 5 nitrogen and oxygen atoms in total. The molecule has 0 spiro atoms. The number of hydrogen-bond acceptors (Lipinski definition) is 4. The molecule has 1 amide bonds. The summed E-state index contributed by atoms with van der Waals surface area (Å²) in [5.74, 6) is 1.61. The summed E-state index contributed by atoms with van der Waals surface area (Å²) in [4.78, 5) is 26.0. The minimum atomic E-state index is 0.266. The Hall–Kier alpha value is -2.43. The van der Waals surface area contributed by atoms with Gasteiger partial charge in [0.15, 0.2) is 0 Å². The standard InChI is InChI=1S/C21H26N4O/c1-24(14-16-6-3-2-4-7-16)20-18-10-12-25(21(26)17-8-5-9-17)13-11-19(18)22-15-23-20/h2-4,6-7,15,17H,5,8-14H2,1H3. The van der Waals surface area contributed by atoms with Gasteiger partial charge in [-0.3, -0.25) is 4.79 Å². The fourth-order valence-electron chi connectivity index (χ4n) is 3.90. The number of rotatable bonds is 4. The lowest BCUT2D eigenvalue weighted by Crippen LogP contribution is -2.40. The van der Waals surface area contributed by atoms with Crippen molar-refractivity contribution in [2.75, 3.05) is 25.0 Å². The Balaban J connectivity index is 1.51. The van der Waals surface area contributed by atoms with Crippen LogP contribution in [-0.4, -0.2) is 40.9 Å². The van der Waals surface area contributed by atoms with Gasteiger partial charge in [-0.2, -0.15) is 0 Å². The van der Waals surface area contributed by atoms with Crippen LogP contribution < -0.4 is 4.90 Å². The first kappa shape index (κ1) is 17.0. The topological polar surface area (TPSA) is 49.3 Å². The molecule has 1 aromatic heterocycles. The maximum Gasteiger partial charge on any atom is 0.225 e. The van der Waals surface area contributed by atoms with Gasteiger partial charge in [-0.1, -0.05) is 36.8 Å². The fourth-order valence-corrected chi connectivity index (χ4v) is 3.90. The fraction of sp³-hybridized carbons (Fsp3) is 0.476. The van der Waals surface area contributed by atoms with Crippen molar-refractivity contribution in [1.29, 1.82) is 0 Å². The zero-order valence-corrected chi connectivity index (χ0v) is 15.4. The normalized spacial score (nSPS) is 17.2. The number of aromatic nitrogens is 2. The number of anilines is 1. The van der Waals surface area contributed by atoms with E-state index in [-0.39, 0.29) is 5.92 Å². The predicted octanol–water partition coefficient (Wildman–Crippen LogP) is 2.84. The van der Waals surface area contributed by atoms with Gasteiger partial charge in [-0.15, -0.1) is 0 Å². The number of benzene rings is 1. The summed E-state index contributed by atoms with van der Waals surface area (Å²) in [5.41, 5.74) is 3.56. The van der Waals surface area contributed by atoms with Crippen molar-refractivity contribution in [3.8, 4) is 0 Å². The Bertz CT molecular complexity index is 773. The molecule has 0 radical (unpaired) electrons. The van der Waals surface area contributed by atoms with Crippen LogP contribution >= 0.6 is 0 Å². The lowest BCUT2D eigenvalue weighted by atomic mass is 9.84. The second-order valence-corrected chi connectivity index (χ2v) is 7.42. The highest BCUT2D eigenvalue weighted by Crippen LogP contribution is 2.30. The van der Waals surface area contributed by atoms with Gasteiger partial charge in [0.25, 0.3) is 0 Å². The molecule has 0 N–H and O–H groups in total. The Morgan fingerprint density at radius 1 is 1.15 bits per heavy atom. The third-order valence-corrected chi connectivity index (χ3v) is 5.65. The molecule has 2 aliphatic rings. The third kappa shape index (κ3) is 3.43. The summed E-state index contributed by atoms with van der Waals surface area (Å²) in [7, 11) is 2.08. The number of carbonyl (C=O) groups is 1. The van der Waals surface area contributed by atoms with E-state index in [1.165, 1.54) is 17.5 Å². The molecule has 2 aromatic rings. The van der Waals surface area contributed by atoms with Crippen molar-refractivity contribution in [3.05, 3.63) is 53.5 Å². The largest absolute Gasteiger partial charge is 0.355 e. The highest BCUT2D eigenvalue weighted by molar-refractivity contribution is 5.79. The zero-order chi connectivity index (χ0) is 17.9. The number of amides is 1. The molecule has 0 bridgehead atoms. The molecule has 26 heavy (non-hydrogen) atoms. The third-order valence-electron chi connectivity index (χ3n) is 5.65. The quantitative estimate of drug-likeness (QED) is 0.851. The van der Waals surface area contributed by atoms with Gasteiger partial charge < -0.3 is 9.80 Å². The first-order valence-electron chi connectivity index (χ1n) is 9.59. The van der Waals surface area contributed by atoms with E-state index >= 15 is 0 Å². The molecule has 0 unspecified atom stereocenters. The van der Waals surface area contributed by atoms with Crippen LogP contribution in [0.4, 0.5) is 5.82 Å². The van der Waals surface area contributed by atoms with E-state index in [1.54, 1.807) is 6.33 Å². The van der Waals surface area contributed by atoms with E-state index in [9.17, 15) is 4.79 Å². The summed E-state index contributed by atoms with van der Waals surface area (Å²) in [6, 6.07) is 10.4. The van der Waals surface area contributed by atoms with Crippen LogP contribution in [0.25, 0.3) is 0 Å². The molecule has 1 aliphatic heterocycles. The van der Waals surface area contributed by atoms with Gasteiger partial charge in [0.1, 0.15) is 12.1 Å². The Morgan fingerprint density at radius 3 is 2.65 bits per heavy atom. The molecule has 1 aliphatic carbocycles. The van der Waals surface area contributed by atoms with Gasteiger partial charge in [-0.25, -0.2) is 9.97 Å². The Kier molecular flexibility index (Phi) is 4.87. The summed E-state index contributed by atoms with van der Waals surface area (Å²) >= 11 is 0. The molecule has 0 saturated heterocycles. The monoisotopic (exact) mass is 350 g/mol. The highest BCUT2D eigenvalue weighted by Gasteiger charge is 2.31. The molecule has 4 rings (SSSR count). The lowest BCUT2D eigenvalue weighted by Gasteiger charge is -2.30. The molecule has 136 valence electrons. The number of nitrogens with zero attached hydrogens (tertiary/aromatic N) is 4. The Morgan fingerprint density at radius 2 is 1.92 bits per heavy atom. The summed E-state index contributed by atoms with van der Waals surface area (Å²) in [5, 5.41) is 0. The van der Waals surface area contributed by atoms with Gasteiger partial charge in [-0.05, 0) is 24.8 Å². The van der Waals surface area contributed by atoms with Crippen LogP contribution in [0.15, 0.2) is 36.7 Å². The molecule has 1 saturated carbocycles. The van der Waals surface area contributed by atoms with Crippen molar-refractivity contribution in [2.45, 2.75) is 38.6 Å². The molecule has 0 atom stereocenters. The maximum absolute atomic E-state index is 12.6. The molecular formula is C21H26N4O. The molecular weight excluding hydrogens is 324 g/mol. The van der Waals surface area contributed by atoms with Crippen LogP contribution in [0.2, 0.25) is 0 Å². The summed E-state index contributed by atoms with van der Waals surface area (Å²) in [6.45, 7) is 2.37. The molecule has 2 heterocycles. The van der Waals surface area contributed by atoms with Crippen molar-refractivity contribution in [2.24, 2.45) is 5.92 Å². The van der Waals surface area contributed by atoms with E-state index in [0.717, 1.165) is 56.8 Å². The predicted molar refractivity (Wildman–Crippen MR) is 102 cm³/mol. The maximum atomic E-state index is 12.6. The smallest absolute Gasteiger partial charge is 0.225 e. The van der Waals surface area contributed by atoms with Gasteiger partial charge in [0, 0.05) is 44.6 Å². The van der Waals surface area contributed by atoms with Gasteiger partial charge in [0.05, 0.1) is 5.69 Å². The average molecular weight is 350 g/mol. The minimum absolute atomic E-state index is 0.266. The first-order chi connectivity index (χ1) is 12.7. The Labute approximate surface area is 155 Å². The minimum Gasteiger partial charge on any atom is -0.355 e. The molecule has 1 aromatic carbocycles. The highest BCUT2D eigenvalue weighted by atomic mass is 16.2. The zero-order valence-electron chi connectivity index (χ0n) is 15.4. The number of fused-ring (bicyclic) bond motifs is 1. The number of carbonyl (C=O) groups excluding carboxylic acids is 1. The second-order valence-electron chi connectivity index (χ2n) is 7.42. The van der Waals surface area contributed by atoms with E-state index in [2.05, 4.69) is 46.2 Å². The van der Waals surface area contributed by atoms with Crippen molar-refractivity contribution < 1.29 is 4.79 Å². The van der Waals surface area contributed by atoms with Crippen LogP contribution in [-0.2, 0) is 24.2 Å². The lowest BCUT2D eigenvalue weighted by molar-refractivity contribution is -0.138. The summed E-state index contributed by atoms with van der Waals surface area (Å²) in [6.07, 6.45) is 6.65. The molecule has 1 fully saturated rings. The van der Waals surface area contributed by atoms with Crippen molar-refractivity contribution >= 4 is 11.7 Å². The van der Waals surface area contributed by atoms with Crippen molar-refractivity contribution in [3.63, 3.8) is 0 Å². The average Bonchev–Trinajstić information content (AvgIpc) is 2.83. The van der Waals surface area contributed by atoms with Crippen molar-refractivity contribution in [1.82, 2.24) is 14.9 Å². The number of hydrogen-bond donors (Lipinski definition) is 0. The van der Waals surface area contributed by atoms with Crippen LogP contribution in [0.1, 0.15) is 36.1 Å². The van der Waals surface area contributed by atoms with Crippen LogP contribution in [0.3, 0.4) is 0 Å². The second kappa shape index (κ2) is 7.44. The van der Waals surface area contributed by atoms with Crippen LogP contribution in [0, 0.1) is 5.92 Å². The summed E-state index contributed by atoms with van der Waals surface area (Å²) < 4.78 is 0. The van der Waals surface area contributed by atoms with Crippen LogP contribution in [0.5, 0.6) is 0 Å².